The van der Waals surface area contributed by atoms with E-state index in [9.17, 15) is 18.0 Å². The van der Waals surface area contributed by atoms with E-state index < -0.39 is 10.0 Å². The fourth-order valence-electron chi connectivity index (χ4n) is 3.78. The number of anilines is 2. The second kappa shape index (κ2) is 9.02. The molecule has 4 rings (SSSR count). The summed E-state index contributed by atoms with van der Waals surface area (Å²) in [6.45, 7) is 1.83. The van der Waals surface area contributed by atoms with Gasteiger partial charge in [0.25, 0.3) is 5.91 Å². The minimum Gasteiger partial charge on any atom is -0.324 e. The average molecular weight is 460 g/mol. The number of benzene rings is 2. The third-order valence-electron chi connectivity index (χ3n) is 5.52. The highest BCUT2D eigenvalue weighted by Crippen LogP contribution is 2.36. The molecule has 1 aliphatic heterocycles. The fraction of sp³-hybridized carbons (Fsp3) is 0.364. The zero-order valence-electron chi connectivity index (χ0n) is 17.2. The number of hydrogen-bond donors (Lipinski definition) is 3. The second-order valence-corrected chi connectivity index (χ2v) is 11.0. The van der Waals surface area contributed by atoms with Gasteiger partial charge in [-0.2, -0.15) is 0 Å². The van der Waals surface area contributed by atoms with E-state index in [1.54, 1.807) is 24.3 Å². The smallest absolute Gasteiger partial charge is 0.255 e. The van der Waals surface area contributed by atoms with Gasteiger partial charge in [0.15, 0.2) is 0 Å². The first kappa shape index (κ1) is 21.9. The molecule has 0 aromatic heterocycles. The molecule has 9 heteroatoms. The topological polar surface area (TPSA) is 104 Å². The predicted octanol–water partition coefficient (Wildman–Crippen LogP) is 3.98. The van der Waals surface area contributed by atoms with Crippen LogP contribution < -0.4 is 15.4 Å². The summed E-state index contributed by atoms with van der Waals surface area (Å²) in [5.74, 6) is -0.426. The summed E-state index contributed by atoms with van der Waals surface area (Å²) in [7, 11) is -3.58. The van der Waals surface area contributed by atoms with Gasteiger partial charge in [-0.3, -0.25) is 9.59 Å². The number of rotatable bonds is 5. The summed E-state index contributed by atoms with van der Waals surface area (Å²) in [4.78, 5) is 25.6. The van der Waals surface area contributed by atoms with E-state index in [0.29, 0.717) is 16.9 Å². The van der Waals surface area contributed by atoms with Crippen LogP contribution in [0.2, 0.25) is 0 Å². The van der Waals surface area contributed by atoms with Crippen LogP contribution in [0.4, 0.5) is 11.4 Å². The highest BCUT2D eigenvalue weighted by atomic mass is 32.2. The van der Waals surface area contributed by atoms with E-state index in [0.717, 1.165) is 37.0 Å². The van der Waals surface area contributed by atoms with Gasteiger partial charge in [-0.25, -0.2) is 13.1 Å². The highest BCUT2D eigenvalue weighted by molar-refractivity contribution is 8.01. The molecular formula is C22H25N3O4S2. The predicted molar refractivity (Wildman–Crippen MR) is 122 cm³/mol. The van der Waals surface area contributed by atoms with Crippen LogP contribution in [0.3, 0.4) is 0 Å². The van der Waals surface area contributed by atoms with Gasteiger partial charge in [-0.05, 0) is 62.2 Å². The van der Waals surface area contributed by atoms with Gasteiger partial charge in [0.2, 0.25) is 15.9 Å². The summed E-state index contributed by atoms with van der Waals surface area (Å²) in [6.07, 6.45) is 4.98. The molecule has 2 amide bonds. The molecule has 1 saturated carbocycles. The molecule has 2 aromatic carbocycles. The van der Waals surface area contributed by atoms with Gasteiger partial charge in [0, 0.05) is 22.2 Å². The van der Waals surface area contributed by atoms with E-state index >= 15 is 0 Å². The number of fused-ring (bicyclic) bond motifs is 1. The van der Waals surface area contributed by atoms with Crippen LogP contribution in [0.5, 0.6) is 0 Å². The van der Waals surface area contributed by atoms with Crippen molar-refractivity contribution >= 4 is 45.0 Å². The second-order valence-electron chi connectivity index (χ2n) is 7.89. The molecule has 2 aliphatic rings. The van der Waals surface area contributed by atoms with Crippen molar-refractivity contribution in [3.8, 4) is 0 Å². The zero-order valence-corrected chi connectivity index (χ0v) is 18.8. The van der Waals surface area contributed by atoms with Crippen LogP contribution in [-0.2, 0) is 14.8 Å². The SMILES string of the molecule is C[C@H]1Sc2ccc(C(=O)Nc3ccc(S(=O)(=O)NC4CCCCC4)cc3)cc2NC1=O. The average Bonchev–Trinajstić information content (AvgIpc) is 2.75. The molecule has 1 heterocycles. The number of nitrogens with one attached hydrogen (secondary N) is 3. The number of hydrogen-bond acceptors (Lipinski definition) is 5. The van der Waals surface area contributed by atoms with Crippen LogP contribution in [0, 0.1) is 0 Å². The van der Waals surface area contributed by atoms with E-state index in [1.807, 2.05) is 13.0 Å². The Morgan fingerprint density at radius 1 is 1.06 bits per heavy atom. The van der Waals surface area contributed by atoms with Crippen molar-refractivity contribution in [1.29, 1.82) is 0 Å². The molecule has 1 aliphatic carbocycles. The Kier molecular flexibility index (Phi) is 6.36. The van der Waals surface area contributed by atoms with E-state index in [-0.39, 0.29) is 28.0 Å². The minimum absolute atomic E-state index is 0.0104. The summed E-state index contributed by atoms with van der Waals surface area (Å²) in [6, 6.07) is 11.3. The lowest BCUT2D eigenvalue weighted by Crippen LogP contribution is -2.36. The lowest BCUT2D eigenvalue weighted by molar-refractivity contribution is -0.115. The quantitative estimate of drug-likeness (QED) is 0.627. The van der Waals surface area contributed by atoms with Crippen molar-refractivity contribution in [2.24, 2.45) is 0 Å². The maximum Gasteiger partial charge on any atom is 0.255 e. The first-order valence-corrected chi connectivity index (χ1v) is 12.7. The third-order valence-corrected chi connectivity index (χ3v) is 8.24. The maximum absolute atomic E-state index is 12.6. The molecule has 7 nitrogen and oxygen atoms in total. The van der Waals surface area contributed by atoms with Crippen molar-refractivity contribution < 1.29 is 18.0 Å². The van der Waals surface area contributed by atoms with Gasteiger partial charge in [0.1, 0.15) is 0 Å². The lowest BCUT2D eigenvalue weighted by Gasteiger charge is -2.22. The van der Waals surface area contributed by atoms with Gasteiger partial charge in [-0.1, -0.05) is 19.3 Å². The molecule has 31 heavy (non-hydrogen) atoms. The van der Waals surface area contributed by atoms with Crippen molar-refractivity contribution in [1.82, 2.24) is 4.72 Å². The van der Waals surface area contributed by atoms with Crippen molar-refractivity contribution in [2.75, 3.05) is 10.6 Å². The standard InChI is InChI=1S/C22H25N3O4S2/c1-14-21(26)24-19-13-15(7-12-20(19)30-14)22(27)23-16-8-10-18(11-9-16)31(28,29)25-17-5-3-2-4-6-17/h7-14,17,25H,2-6H2,1H3,(H,23,27)(H,24,26)/t14-/m1/s1. The number of amides is 2. The first-order chi connectivity index (χ1) is 14.8. The maximum atomic E-state index is 12.6. The number of sulfonamides is 1. The molecule has 0 bridgehead atoms. The molecule has 164 valence electrons. The molecule has 0 radical (unpaired) electrons. The molecule has 1 atom stereocenters. The summed E-state index contributed by atoms with van der Waals surface area (Å²) < 4.78 is 28.0. The Labute approximate surface area is 186 Å². The largest absolute Gasteiger partial charge is 0.324 e. The van der Waals surface area contributed by atoms with E-state index in [4.69, 9.17) is 0 Å². The van der Waals surface area contributed by atoms with E-state index in [1.165, 1.54) is 23.9 Å². The lowest BCUT2D eigenvalue weighted by atomic mass is 9.96. The first-order valence-electron chi connectivity index (χ1n) is 10.4. The molecule has 0 unspecified atom stereocenters. The molecule has 3 N–H and O–H groups in total. The minimum atomic E-state index is -3.58. The van der Waals surface area contributed by atoms with Gasteiger partial charge < -0.3 is 10.6 Å². The molecular weight excluding hydrogens is 434 g/mol. The Bertz CT molecular complexity index is 1090. The number of thioether (sulfide) groups is 1. The van der Waals surface area contributed by atoms with Gasteiger partial charge in [-0.15, -0.1) is 11.8 Å². The molecule has 0 saturated heterocycles. The summed E-state index contributed by atoms with van der Waals surface area (Å²) in [5, 5.41) is 5.41. The Balaban J connectivity index is 1.42. The van der Waals surface area contributed by atoms with Crippen LogP contribution in [0.25, 0.3) is 0 Å². The van der Waals surface area contributed by atoms with Crippen LogP contribution >= 0.6 is 11.8 Å². The molecule has 2 aromatic rings. The normalized spacial score (nSPS) is 19.4. The van der Waals surface area contributed by atoms with Crippen molar-refractivity contribution in [3.05, 3.63) is 48.0 Å². The number of carbonyl (C=O) groups is 2. The van der Waals surface area contributed by atoms with Gasteiger partial charge in [0.05, 0.1) is 15.8 Å². The fourth-order valence-corrected chi connectivity index (χ4v) is 6.01. The zero-order chi connectivity index (χ0) is 22.0. The summed E-state index contributed by atoms with van der Waals surface area (Å²) in [5.41, 5.74) is 1.52. The summed E-state index contributed by atoms with van der Waals surface area (Å²) >= 11 is 1.45. The third kappa shape index (κ3) is 5.11. The van der Waals surface area contributed by atoms with Crippen LogP contribution in [0.1, 0.15) is 49.4 Å². The van der Waals surface area contributed by atoms with Crippen LogP contribution in [0.15, 0.2) is 52.3 Å². The Morgan fingerprint density at radius 3 is 2.48 bits per heavy atom. The van der Waals surface area contributed by atoms with Gasteiger partial charge >= 0.3 is 0 Å². The Hall–Kier alpha value is -2.36. The van der Waals surface area contributed by atoms with E-state index in [2.05, 4.69) is 15.4 Å². The van der Waals surface area contributed by atoms with Crippen LogP contribution in [-0.4, -0.2) is 31.5 Å². The number of carbonyl (C=O) groups excluding carboxylic acids is 2. The van der Waals surface area contributed by atoms with Crippen molar-refractivity contribution in [3.63, 3.8) is 0 Å². The highest BCUT2D eigenvalue weighted by Gasteiger charge is 2.24. The van der Waals surface area contributed by atoms with Crippen molar-refractivity contribution in [2.45, 2.75) is 60.1 Å². The Morgan fingerprint density at radius 2 is 1.77 bits per heavy atom. The monoisotopic (exact) mass is 459 g/mol. The molecule has 0 spiro atoms. The molecule has 1 fully saturated rings.